The molecule has 1 aromatic carbocycles. The normalized spacial score (nSPS) is 33.5. The van der Waals surface area contributed by atoms with Gasteiger partial charge in [0.1, 0.15) is 6.07 Å². The van der Waals surface area contributed by atoms with Crippen molar-refractivity contribution >= 4 is 21.8 Å². The minimum atomic E-state index is -3.80. The third-order valence-electron chi connectivity index (χ3n) is 8.11. The Morgan fingerprint density at radius 3 is 2.30 bits per heavy atom. The Hall–Kier alpha value is -2.44. The highest BCUT2D eigenvalue weighted by atomic mass is 32.2. The summed E-state index contributed by atoms with van der Waals surface area (Å²) in [6, 6.07) is 8.19. The van der Waals surface area contributed by atoms with Crippen LogP contribution in [-0.4, -0.2) is 61.2 Å². The van der Waals surface area contributed by atoms with Gasteiger partial charge in [-0.25, -0.2) is 8.42 Å². The molecule has 5 aliphatic rings. The van der Waals surface area contributed by atoms with Crippen molar-refractivity contribution in [3.63, 3.8) is 0 Å². The van der Waals surface area contributed by atoms with Crippen molar-refractivity contribution in [2.45, 2.75) is 55.9 Å². The minimum Gasteiger partial charge on any atom is -0.351 e. The van der Waals surface area contributed by atoms with Gasteiger partial charge in [0, 0.05) is 38.6 Å². The van der Waals surface area contributed by atoms with E-state index in [4.69, 9.17) is 0 Å². The molecule has 9 heteroatoms. The van der Waals surface area contributed by atoms with E-state index >= 15 is 0 Å². The number of sulfonamides is 1. The summed E-state index contributed by atoms with van der Waals surface area (Å²) in [5.41, 5.74) is -0.577. The Bertz CT molecular complexity index is 1120. The lowest BCUT2D eigenvalue weighted by molar-refractivity contribution is -0.164. The van der Waals surface area contributed by atoms with E-state index in [1.807, 2.05) is 11.0 Å². The van der Waals surface area contributed by atoms with Crippen LogP contribution < -0.4 is 5.32 Å². The van der Waals surface area contributed by atoms with Crippen LogP contribution in [0.2, 0.25) is 0 Å². The molecule has 2 amide bonds. The van der Waals surface area contributed by atoms with Crippen molar-refractivity contribution in [2.75, 3.05) is 26.2 Å². The van der Waals surface area contributed by atoms with Crippen LogP contribution in [0.15, 0.2) is 29.2 Å². The number of nitriles is 1. The molecule has 2 atom stereocenters. The van der Waals surface area contributed by atoms with Crippen molar-refractivity contribution in [3.05, 3.63) is 29.8 Å². The number of carbonyl (C=O) groups excluding carboxylic acids is 2. The predicted octanol–water partition coefficient (Wildman–Crippen LogP) is 1.87. The Morgan fingerprint density at radius 1 is 1.06 bits per heavy atom. The average Bonchev–Trinajstić information content (AvgIpc) is 2.77. The van der Waals surface area contributed by atoms with Crippen LogP contribution in [0.3, 0.4) is 0 Å². The topological polar surface area (TPSA) is 111 Å². The van der Waals surface area contributed by atoms with Gasteiger partial charge in [-0.1, -0.05) is 12.1 Å². The number of benzene rings is 1. The molecule has 1 aliphatic heterocycles. The molecule has 8 nitrogen and oxygen atoms in total. The summed E-state index contributed by atoms with van der Waals surface area (Å²) < 4.78 is 27.7. The number of rotatable bonds is 4. The highest BCUT2D eigenvalue weighted by Crippen LogP contribution is 2.62. The maximum absolute atomic E-state index is 13.8. The summed E-state index contributed by atoms with van der Waals surface area (Å²) in [4.78, 5) is 27.6. The lowest BCUT2D eigenvalue weighted by atomic mass is 9.46. The highest BCUT2D eigenvalue weighted by Gasteiger charge is 2.61. The number of hydrogen-bond donors (Lipinski definition) is 1. The zero-order valence-corrected chi connectivity index (χ0v) is 19.7. The fraction of sp³-hybridized carbons (Fsp3) is 0.625. The van der Waals surface area contributed by atoms with E-state index in [0.29, 0.717) is 31.3 Å². The van der Waals surface area contributed by atoms with Crippen LogP contribution in [0.1, 0.15) is 51.0 Å². The molecule has 176 valence electrons. The number of carbonyl (C=O) groups is 2. The van der Waals surface area contributed by atoms with E-state index in [0.717, 1.165) is 32.1 Å². The molecule has 1 saturated heterocycles. The summed E-state index contributed by atoms with van der Waals surface area (Å²) in [6.45, 7) is 2.67. The van der Waals surface area contributed by atoms with Crippen LogP contribution in [0.25, 0.3) is 0 Å². The Morgan fingerprint density at radius 2 is 1.70 bits per heavy atom. The van der Waals surface area contributed by atoms with Crippen LogP contribution in [-0.2, 0) is 19.6 Å². The first-order valence-corrected chi connectivity index (χ1v) is 13.2. The molecule has 1 N–H and O–H groups in total. The van der Waals surface area contributed by atoms with Crippen LogP contribution in [0.4, 0.5) is 0 Å². The van der Waals surface area contributed by atoms with Crippen molar-refractivity contribution in [3.8, 4) is 6.07 Å². The molecule has 4 bridgehead atoms. The van der Waals surface area contributed by atoms with Crippen molar-refractivity contribution in [1.29, 1.82) is 5.26 Å². The van der Waals surface area contributed by atoms with Gasteiger partial charge < -0.3 is 10.2 Å². The summed E-state index contributed by atoms with van der Waals surface area (Å²) in [5, 5.41) is 12.5. The standard InChI is InChI=1S/C24H30N4O4S/c1-17(29)26-24-13-18-10-19(14-24)12-23(11-18,16-24)22(30)27-6-8-28(9-7-27)33(31,32)21-5-3-2-4-20(21)15-25/h2-5,18-19H,6-14,16H2,1H3,(H,26,29)/t18-,19-,23?,24?/m1/s1. The van der Waals surface area contributed by atoms with E-state index in [1.54, 1.807) is 19.1 Å². The molecule has 1 heterocycles. The molecule has 0 radical (unpaired) electrons. The van der Waals surface area contributed by atoms with E-state index in [-0.39, 0.29) is 40.9 Å². The predicted molar refractivity (Wildman–Crippen MR) is 120 cm³/mol. The Labute approximate surface area is 195 Å². The van der Waals surface area contributed by atoms with Gasteiger partial charge in [-0.05, 0) is 62.5 Å². The first kappa shape index (κ1) is 22.4. The van der Waals surface area contributed by atoms with Gasteiger partial charge >= 0.3 is 0 Å². The fourth-order valence-corrected chi connectivity index (χ4v) is 8.99. The lowest BCUT2D eigenvalue weighted by Crippen LogP contribution is -2.66. The molecule has 0 unspecified atom stereocenters. The zero-order valence-electron chi connectivity index (χ0n) is 18.9. The molecular formula is C24H30N4O4S. The molecule has 0 spiro atoms. The number of piperazine rings is 1. The summed E-state index contributed by atoms with van der Waals surface area (Å²) >= 11 is 0. The molecular weight excluding hydrogens is 440 g/mol. The zero-order chi connectivity index (χ0) is 23.4. The van der Waals surface area contributed by atoms with Crippen molar-refractivity contribution in [1.82, 2.24) is 14.5 Å². The second kappa shape index (κ2) is 7.81. The van der Waals surface area contributed by atoms with Gasteiger partial charge in [-0.15, -0.1) is 0 Å². The fourth-order valence-electron chi connectivity index (χ4n) is 7.42. The first-order valence-electron chi connectivity index (χ1n) is 11.7. The molecule has 6 rings (SSSR count). The number of hydrogen-bond acceptors (Lipinski definition) is 5. The van der Waals surface area contributed by atoms with Gasteiger partial charge in [0.15, 0.2) is 0 Å². The van der Waals surface area contributed by atoms with Crippen LogP contribution in [0.5, 0.6) is 0 Å². The van der Waals surface area contributed by atoms with Gasteiger partial charge in [0.25, 0.3) is 0 Å². The largest absolute Gasteiger partial charge is 0.351 e. The highest BCUT2D eigenvalue weighted by molar-refractivity contribution is 7.89. The van der Waals surface area contributed by atoms with Crippen LogP contribution in [0, 0.1) is 28.6 Å². The maximum Gasteiger partial charge on any atom is 0.244 e. The Balaban J connectivity index is 1.31. The molecule has 4 aliphatic carbocycles. The van der Waals surface area contributed by atoms with Gasteiger partial charge in [-0.2, -0.15) is 9.57 Å². The van der Waals surface area contributed by atoms with E-state index in [9.17, 15) is 23.3 Å². The summed E-state index contributed by atoms with van der Waals surface area (Å²) in [5.74, 6) is 1.02. The smallest absolute Gasteiger partial charge is 0.244 e. The third kappa shape index (κ3) is 3.73. The summed E-state index contributed by atoms with van der Waals surface area (Å²) in [6.07, 6.45) is 5.50. The first-order chi connectivity index (χ1) is 15.7. The molecule has 4 saturated carbocycles. The van der Waals surface area contributed by atoms with E-state index in [1.165, 1.54) is 16.4 Å². The maximum atomic E-state index is 13.8. The molecule has 33 heavy (non-hydrogen) atoms. The summed E-state index contributed by atoms with van der Waals surface area (Å²) in [7, 11) is -3.80. The van der Waals surface area contributed by atoms with Gasteiger partial charge in [0.2, 0.25) is 21.8 Å². The van der Waals surface area contributed by atoms with Crippen LogP contribution >= 0.6 is 0 Å². The van der Waals surface area contributed by atoms with E-state index < -0.39 is 15.4 Å². The monoisotopic (exact) mass is 470 g/mol. The number of nitrogens with one attached hydrogen (secondary N) is 1. The van der Waals surface area contributed by atoms with Gasteiger partial charge in [-0.3, -0.25) is 9.59 Å². The van der Waals surface area contributed by atoms with E-state index in [2.05, 4.69) is 5.32 Å². The average molecular weight is 471 g/mol. The molecule has 1 aromatic rings. The lowest BCUT2D eigenvalue weighted by Gasteiger charge is -2.62. The number of nitrogens with zero attached hydrogens (tertiary/aromatic N) is 3. The van der Waals surface area contributed by atoms with Crippen molar-refractivity contribution in [2.24, 2.45) is 17.3 Å². The third-order valence-corrected chi connectivity index (χ3v) is 10.1. The van der Waals surface area contributed by atoms with Gasteiger partial charge in [0.05, 0.1) is 15.9 Å². The molecule has 5 fully saturated rings. The quantitative estimate of drug-likeness (QED) is 0.722. The molecule has 0 aromatic heterocycles. The second-order valence-electron chi connectivity index (χ2n) is 10.5. The second-order valence-corrected chi connectivity index (χ2v) is 12.4. The van der Waals surface area contributed by atoms with Crippen molar-refractivity contribution < 1.29 is 18.0 Å². The minimum absolute atomic E-state index is 0.0191. The number of amides is 2. The SMILES string of the molecule is CC(=O)NC12C[C@@H]3C[C@@H](C1)CC(C(=O)N1CCN(S(=O)(=O)c4ccccc4C#N)CC1)(C3)C2. The Kier molecular flexibility index (Phi) is 5.29.